The van der Waals surface area contributed by atoms with Crippen LogP contribution in [0.2, 0.25) is 0 Å². The number of aliphatic carboxylic acids is 3. The lowest BCUT2D eigenvalue weighted by Crippen LogP contribution is -2.70. The third kappa shape index (κ3) is 11.1. The number of nitro groups is 1. The predicted molar refractivity (Wildman–Crippen MR) is 192 cm³/mol. The van der Waals surface area contributed by atoms with Gasteiger partial charge in [0.2, 0.25) is 17.7 Å². The maximum Gasteiger partial charge on any atom is 0.335 e. The number of hydrogen-bond donors (Lipinski definition) is 3. The fraction of sp³-hybridized carbons (Fsp3) is 0.583. The normalized spacial score (nSPS) is 15.1. The molecular weight excluding hydrogens is 741 g/mol. The molecule has 1 saturated heterocycles. The van der Waals surface area contributed by atoms with E-state index in [0.717, 1.165) is 0 Å². The van der Waals surface area contributed by atoms with E-state index < -0.39 is 77.7 Å². The average molecular weight is 790 g/mol. The van der Waals surface area contributed by atoms with Crippen LogP contribution in [0.5, 0.6) is 0 Å². The number of carbonyl (C=O) groups is 7. The van der Waals surface area contributed by atoms with Crippen molar-refractivity contribution in [1.82, 2.24) is 29.7 Å². The van der Waals surface area contributed by atoms with Crippen molar-refractivity contribution in [3.63, 3.8) is 0 Å². The van der Waals surface area contributed by atoms with Crippen LogP contribution < -0.4 is 0 Å². The summed E-state index contributed by atoms with van der Waals surface area (Å²) in [6.07, 6.45) is 1.79. The summed E-state index contributed by atoms with van der Waals surface area (Å²) >= 11 is 0. The number of amides is 5. The standard InChI is InChI=1S/C36H48FN7O12/c1-3-36(4-2)33(52)42(35(54)43(34(36)53)28(32(50)51)17-18-30(46)47)27(31(48)49)11-5-7-20-40(22-24-13-15-26(16-14-24)44(55)56)29(45)12-6-8-21-41-23-25(38-39-41)10-9-19-37/h13-16,23,27-28H,3-12,17-22H2,1-2H3,(H,46,47)(H,48,49)(H,50,51)/t27-,28?/m0/s1. The summed E-state index contributed by atoms with van der Waals surface area (Å²) in [5.74, 6) is -7.19. The van der Waals surface area contributed by atoms with Crippen LogP contribution in [0.25, 0.3) is 0 Å². The zero-order chi connectivity index (χ0) is 41.6. The lowest BCUT2D eigenvalue weighted by atomic mass is 9.77. The summed E-state index contributed by atoms with van der Waals surface area (Å²) in [6.45, 7) is 3.10. The van der Waals surface area contributed by atoms with E-state index in [9.17, 15) is 58.3 Å². The van der Waals surface area contributed by atoms with Crippen LogP contribution in [-0.4, -0.2) is 117 Å². The van der Waals surface area contributed by atoms with E-state index in [1.54, 1.807) is 10.9 Å². The van der Waals surface area contributed by atoms with Crippen LogP contribution in [0.15, 0.2) is 30.5 Å². The van der Waals surface area contributed by atoms with Gasteiger partial charge in [0.05, 0.1) is 17.3 Å². The first-order chi connectivity index (χ1) is 26.6. The minimum absolute atomic E-state index is 0.0513. The molecule has 1 aromatic carbocycles. The van der Waals surface area contributed by atoms with Crippen molar-refractivity contribution >= 4 is 47.3 Å². The number of nitro benzene ring substituents is 1. The number of carboxylic acid groups (broad SMARTS) is 3. The van der Waals surface area contributed by atoms with E-state index in [2.05, 4.69) is 10.3 Å². The molecule has 3 N–H and O–H groups in total. The molecule has 3 rings (SSSR count). The van der Waals surface area contributed by atoms with Crippen molar-refractivity contribution in [3.8, 4) is 0 Å². The number of barbiturate groups is 1. The zero-order valence-corrected chi connectivity index (χ0v) is 31.4. The zero-order valence-electron chi connectivity index (χ0n) is 31.4. The fourth-order valence-corrected chi connectivity index (χ4v) is 6.63. The van der Waals surface area contributed by atoms with Gasteiger partial charge in [0.25, 0.3) is 5.69 Å². The lowest BCUT2D eigenvalue weighted by molar-refractivity contribution is -0.384. The van der Waals surface area contributed by atoms with Gasteiger partial charge >= 0.3 is 23.9 Å². The molecule has 1 aliphatic heterocycles. The molecule has 56 heavy (non-hydrogen) atoms. The van der Waals surface area contributed by atoms with Crippen LogP contribution in [0, 0.1) is 15.5 Å². The van der Waals surface area contributed by atoms with Crippen LogP contribution in [0.1, 0.15) is 95.7 Å². The number of hydrogen-bond acceptors (Lipinski definition) is 11. The van der Waals surface area contributed by atoms with Crippen LogP contribution >= 0.6 is 0 Å². The highest BCUT2D eigenvalue weighted by Crippen LogP contribution is 2.39. The maximum absolute atomic E-state index is 13.9. The molecule has 306 valence electrons. The van der Waals surface area contributed by atoms with E-state index >= 15 is 0 Å². The van der Waals surface area contributed by atoms with E-state index in [4.69, 9.17) is 5.11 Å². The molecule has 2 atom stereocenters. The molecule has 1 aromatic heterocycles. The van der Waals surface area contributed by atoms with Crippen molar-refractivity contribution < 1.29 is 58.2 Å². The first-order valence-electron chi connectivity index (χ1n) is 18.5. The van der Waals surface area contributed by atoms with Crippen molar-refractivity contribution in [3.05, 3.63) is 51.8 Å². The van der Waals surface area contributed by atoms with Gasteiger partial charge in [0, 0.05) is 50.8 Å². The Balaban J connectivity index is 1.77. The molecule has 5 amide bonds. The molecule has 19 nitrogen and oxygen atoms in total. The number of aromatic nitrogens is 3. The third-order valence-electron chi connectivity index (χ3n) is 9.91. The number of unbranched alkanes of at least 4 members (excludes halogenated alkanes) is 2. The number of benzene rings is 1. The molecule has 0 radical (unpaired) electrons. The smallest absolute Gasteiger partial charge is 0.335 e. The Morgan fingerprint density at radius 2 is 1.48 bits per heavy atom. The van der Waals surface area contributed by atoms with Gasteiger partial charge in [0.1, 0.15) is 17.5 Å². The van der Waals surface area contributed by atoms with Crippen LogP contribution in [0.4, 0.5) is 14.9 Å². The SMILES string of the molecule is CCC1(CC)C(=O)N(C(CCC(=O)O)C(=O)O)C(=O)N([C@@H](CCCCN(Cc2ccc([N+](=O)[O-])cc2)C(=O)CCCCn2cc(CCCF)nn2)C(=O)O)C1=O. The number of urea groups is 1. The Morgan fingerprint density at radius 3 is 2.02 bits per heavy atom. The van der Waals surface area contributed by atoms with E-state index in [1.807, 2.05) is 0 Å². The quantitative estimate of drug-likeness (QED) is 0.0559. The molecule has 0 aliphatic carbocycles. The minimum Gasteiger partial charge on any atom is -0.481 e. The second-order valence-electron chi connectivity index (χ2n) is 13.5. The van der Waals surface area contributed by atoms with Gasteiger partial charge in [-0.15, -0.1) is 5.10 Å². The van der Waals surface area contributed by atoms with Gasteiger partial charge in [-0.1, -0.05) is 31.2 Å². The van der Waals surface area contributed by atoms with Gasteiger partial charge in [-0.2, -0.15) is 0 Å². The Morgan fingerprint density at radius 1 is 0.875 bits per heavy atom. The summed E-state index contributed by atoms with van der Waals surface area (Å²) in [7, 11) is 0. The highest BCUT2D eigenvalue weighted by atomic mass is 19.1. The number of halogens is 1. The molecule has 2 heterocycles. The summed E-state index contributed by atoms with van der Waals surface area (Å²) in [5.41, 5.74) is -0.858. The molecule has 0 saturated carbocycles. The van der Waals surface area contributed by atoms with E-state index in [1.165, 1.54) is 43.0 Å². The fourth-order valence-electron chi connectivity index (χ4n) is 6.63. The molecule has 1 unspecified atom stereocenters. The average Bonchev–Trinajstić information content (AvgIpc) is 3.62. The van der Waals surface area contributed by atoms with Crippen molar-refractivity contribution in [2.45, 2.75) is 116 Å². The first-order valence-corrected chi connectivity index (χ1v) is 18.5. The number of aryl methyl sites for hydroxylation is 2. The van der Waals surface area contributed by atoms with Crippen LogP contribution in [-0.2, 0) is 48.3 Å². The Hall–Kier alpha value is -5.82. The molecule has 0 bridgehead atoms. The molecule has 20 heteroatoms. The topological polar surface area (TPSA) is 264 Å². The number of nitrogens with zero attached hydrogens (tertiary/aromatic N) is 7. The second kappa shape index (κ2) is 20.7. The first kappa shape index (κ1) is 44.6. The molecule has 0 spiro atoms. The van der Waals surface area contributed by atoms with Gasteiger partial charge in [0.15, 0.2) is 0 Å². The second-order valence-corrected chi connectivity index (χ2v) is 13.5. The minimum atomic E-state index is -1.98. The Bertz CT molecular complexity index is 1750. The van der Waals surface area contributed by atoms with Gasteiger partial charge in [-0.3, -0.25) is 38.4 Å². The largest absolute Gasteiger partial charge is 0.481 e. The van der Waals surface area contributed by atoms with Gasteiger partial charge in [-0.25, -0.2) is 24.2 Å². The van der Waals surface area contributed by atoms with Crippen molar-refractivity contribution in [1.29, 1.82) is 0 Å². The third-order valence-corrected chi connectivity index (χ3v) is 9.91. The summed E-state index contributed by atoms with van der Waals surface area (Å²) < 4.78 is 14.1. The molecular formula is C36H48FN7O12. The number of carboxylic acids is 3. The van der Waals surface area contributed by atoms with Crippen molar-refractivity contribution in [2.75, 3.05) is 13.2 Å². The Kier molecular flexibility index (Phi) is 16.5. The maximum atomic E-state index is 13.9. The number of rotatable bonds is 25. The summed E-state index contributed by atoms with van der Waals surface area (Å²) in [6, 6.07) is 0.357. The number of non-ortho nitro benzene ring substituents is 1. The monoisotopic (exact) mass is 789 g/mol. The summed E-state index contributed by atoms with van der Waals surface area (Å²) in [4.78, 5) is 104. The Labute approximate surface area is 321 Å². The highest BCUT2D eigenvalue weighted by molar-refractivity contribution is 6.21. The number of carbonyl (C=O) groups excluding carboxylic acids is 4. The molecule has 1 aliphatic rings. The lowest BCUT2D eigenvalue weighted by Gasteiger charge is -2.46. The number of imide groups is 2. The number of alkyl halides is 1. The van der Waals surface area contributed by atoms with Gasteiger partial charge < -0.3 is 20.2 Å². The molecule has 1 fully saturated rings. The van der Waals surface area contributed by atoms with Crippen molar-refractivity contribution in [2.24, 2.45) is 5.41 Å². The molecule has 2 aromatic rings. The predicted octanol–water partition coefficient (Wildman–Crippen LogP) is 3.83. The van der Waals surface area contributed by atoms with Gasteiger partial charge in [-0.05, 0) is 69.8 Å². The van der Waals surface area contributed by atoms with E-state index in [-0.39, 0.29) is 63.2 Å². The highest BCUT2D eigenvalue weighted by Gasteiger charge is 2.59. The summed E-state index contributed by atoms with van der Waals surface area (Å²) in [5, 5.41) is 48.5. The van der Waals surface area contributed by atoms with Crippen LogP contribution in [0.3, 0.4) is 0 Å². The van der Waals surface area contributed by atoms with E-state index in [0.29, 0.717) is 53.3 Å².